The Balaban J connectivity index is 2.50. The highest BCUT2D eigenvalue weighted by atomic mass is 16.5. The first-order valence-electron chi connectivity index (χ1n) is 5.85. The van der Waals surface area contributed by atoms with Crippen molar-refractivity contribution in [2.45, 2.75) is 0 Å². The molecule has 0 unspecified atom stereocenters. The van der Waals surface area contributed by atoms with Gasteiger partial charge in [-0.2, -0.15) is 9.97 Å². The molecule has 0 aliphatic carbocycles. The van der Waals surface area contributed by atoms with Crippen LogP contribution < -0.4 is 14.2 Å². The van der Waals surface area contributed by atoms with E-state index < -0.39 is 0 Å². The van der Waals surface area contributed by atoms with Crippen molar-refractivity contribution in [3.8, 4) is 17.5 Å². The lowest BCUT2D eigenvalue weighted by Crippen LogP contribution is -2.10. The maximum absolute atomic E-state index is 12.3. The number of nitrogens with zero attached hydrogens (tertiary/aromatic N) is 2. The minimum Gasteiger partial charge on any atom is -0.487 e. The SMILES string of the molecule is COc1nc(C(=O)c2ccccc2)nc(OC)c1OC. The highest BCUT2D eigenvalue weighted by molar-refractivity contribution is 6.06. The summed E-state index contributed by atoms with van der Waals surface area (Å²) in [5.41, 5.74) is 0.488. The lowest BCUT2D eigenvalue weighted by atomic mass is 10.1. The fraction of sp³-hybridized carbons (Fsp3) is 0.214. The van der Waals surface area contributed by atoms with E-state index in [0.717, 1.165) is 0 Å². The van der Waals surface area contributed by atoms with Crippen LogP contribution in [0, 0.1) is 0 Å². The van der Waals surface area contributed by atoms with E-state index in [-0.39, 0.29) is 29.1 Å². The van der Waals surface area contributed by atoms with Crippen LogP contribution in [0.25, 0.3) is 0 Å². The van der Waals surface area contributed by atoms with Gasteiger partial charge in [0.25, 0.3) is 11.8 Å². The molecule has 0 bridgehead atoms. The number of ketones is 1. The van der Waals surface area contributed by atoms with Crippen LogP contribution in [0.1, 0.15) is 16.2 Å². The molecule has 0 saturated heterocycles. The van der Waals surface area contributed by atoms with Crippen molar-refractivity contribution < 1.29 is 19.0 Å². The fourth-order valence-corrected chi connectivity index (χ4v) is 1.68. The van der Waals surface area contributed by atoms with Gasteiger partial charge in [-0.1, -0.05) is 30.3 Å². The Morgan fingerprint density at radius 1 is 0.900 bits per heavy atom. The van der Waals surface area contributed by atoms with E-state index in [4.69, 9.17) is 14.2 Å². The van der Waals surface area contributed by atoms with E-state index in [9.17, 15) is 4.79 Å². The summed E-state index contributed by atoms with van der Waals surface area (Å²) in [7, 11) is 4.31. The molecule has 1 aromatic heterocycles. The summed E-state index contributed by atoms with van der Waals surface area (Å²) in [5.74, 6) is 0.229. The summed E-state index contributed by atoms with van der Waals surface area (Å²) in [6, 6.07) is 8.74. The lowest BCUT2D eigenvalue weighted by Gasteiger charge is -2.11. The molecule has 0 aliphatic rings. The minimum absolute atomic E-state index is 0.00861. The largest absolute Gasteiger partial charge is 0.487 e. The molecule has 2 aromatic rings. The summed E-state index contributed by atoms with van der Waals surface area (Å²) in [6.07, 6.45) is 0. The van der Waals surface area contributed by atoms with Crippen LogP contribution in [0.2, 0.25) is 0 Å². The summed E-state index contributed by atoms with van der Waals surface area (Å²) < 4.78 is 15.3. The monoisotopic (exact) mass is 274 g/mol. The number of carbonyl (C=O) groups is 1. The van der Waals surface area contributed by atoms with Crippen molar-refractivity contribution in [2.24, 2.45) is 0 Å². The van der Waals surface area contributed by atoms with Crippen LogP contribution in [0.5, 0.6) is 17.5 Å². The Bertz CT molecular complexity index is 589. The number of rotatable bonds is 5. The topological polar surface area (TPSA) is 70.5 Å². The molecule has 0 aliphatic heterocycles. The van der Waals surface area contributed by atoms with Gasteiger partial charge < -0.3 is 14.2 Å². The van der Waals surface area contributed by atoms with Crippen LogP contribution in [-0.2, 0) is 0 Å². The summed E-state index contributed by atoms with van der Waals surface area (Å²) in [6.45, 7) is 0. The van der Waals surface area contributed by atoms with E-state index in [1.807, 2.05) is 6.07 Å². The van der Waals surface area contributed by atoms with Crippen LogP contribution in [0.15, 0.2) is 30.3 Å². The first-order valence-corrected chi connectivity index (χ1v) is 5.85. The lowest BCUT2D eigenvalue weighted by molar-refractivity contribution is 0.102. The number of benzene rings is 1. The number of ether oxygens (including phenoxy) is 3. The molecule has 6 heteroatoms. The quantitative estimate of drug-likeness (QED) is 0.773. The molecule has 0 saturated carbocycles. The number of methoxy groups -OCH3 is 3. The molecule has 0 amide bonds. The predicted octanol–water partition coefficient (Wildman–Crippen LogP) is 1.73. The second-order valence-corrected chi connectivity index (χ2v) is 3.79. The molecule has 0 atom stereocenters. The fourth-order valence-electron chi connectivity index (χ4n) is 1.68. The van der Waals surface area contributed by atoms with Gasteiger partial charge in [0.05, 0.1) is 21.3 Å². The van der Waals surface area contributed by atoms with E-state index in [0.29, 0.717) is 5.56 Å². The van der Waals surface area contributed by atoms with Gasteiger partial charge in [-0.15, -0.1) is 0 Å². The second-order valence-electron chi connectivity index (χ2n) is 3.79. The van der Waals surface area contributed by atoms with Gasteiger partial charge in [-0.3, -0.25) is 4.79 Å². The van der Waals surface area contributed by atoms with Gasteiger partial charge in [0.15, 0.2) is 0 Å². The van der Waals surface area contributed by atoms with Gasteiger partial charge in [-0.25, -0.2) is 0 Å². The highest BCUT2D eigenvalue weighted by Crippen LogP contribution is 2.33. The number of hydrogen-bond donors (Lipinski definition) is 0. The predicted molar refractivity (Wildman–Crippen MR) is 71.6 cm³/mol. The van der Waals surface area contributed by atoms with Crippen molar-refractivity contribution in [2.75, 3.05) is 21.3 Å². The Morgan fingerprint density at radius 3 is 1.90 bits per heavy atom. The van der Waals surface area contributed by atoms with E-state index >= 15 is 0 Å². The van der Waals surface area contributed by atoms with Gasteiger partial charge in [0.1, 0.15) is 0 Å². The Kier molecular flexibility index (Phi) is 4.14. The smallest absolute Gasteiger partial charge is 0.264 e. The maximum atomic E-state index is 12.3. The molecule has 6 nitrogen and oxygen atoms in total. The molecule has 20 heavy (non-hydrogen) atoms. The van der Waals surface area contributed by atoms with E-state index in [1.165, 1.54) is 21.3 Å². The first kappa shape index (κ1) is 13.8. The van der Waals surface area contributed by atoms with Gasteiger partial charge in [-0.05, 0) is 0 Å². The van der Waals surface area contributed by atoms with Gasteiger partial charge in [0.2, 0.25) is 17.4 Å². The zero-order chi connectivity index (χ0) is 14.5. The zero-order valence-corrected chi connectivity index (χ0v) is 11.4. The van der Waals surface area contributed by atoms with E-state index in [1.54, 1.807) is 24.3 Å². The third-order valence-electron chi connectivity index (χ3n) is 2.63. The molecule has 1 heterocycles. The van der Waals surface area contributed by atoms with Crippen molar-refractivity contribution in [1.82, 2.24) is 9.97 Å². The summed E-state index contributed by atoms with van der Waals surface area (Å²) in [5, 5.41) is 0. The molecule has 2 rings (SSSR count). The minimum atomic E-state index is -0.315. The molecule has 1 aromatic carbocycles. The summed E-state index contributed by atoms with van der Waals surface area (Å²) >= 11 is 0. The molecule has 104 valence electrons. The molecular formula is C14H14N2O4. The standard InChI is InChI=1S/C14H14N2O4/c1-18-11-13(19-2)15-12(16-14(11)20-3)10(17)9-7-5-4-6-8-9/h4-8H,1-3H3. The highest BCUT2D eigenvalue weighted by Gasteiger charge is 2.21. The van der Waals surface area contributed by atoms with Crippen molar-refractivity contribution >= 4 is 5.78 Å². The van der Waals surface area contributed by atoms with Crippen LogP contribution in [0.3, 0.4) is 0 Å². The second kappa shape index (κ2) is 6.01. The number of carbonyl (C=O) groups excluding carboxylic acids is 1. The van der Waals surface area contributed by atoms with Gasteiger partial charge >= 0.3 is 0 Å². The van der Waals surface area contributed by atoms with Crippen molar-refractivity contribution in [3.63, 3.8) is 0 Å². The zero-order valence-electron chi connectivity index (χ0n) is 11.4. The average Bonchev–Trinajstić information content (AvgIpc) is 2.53. The maximum Gasteiger partial charge on any atom is 0.264 e. The summed E-state index contributed by atoms with van der Waals surface area (Å²) in [4.78, 5) is 20.4. The molecule has 0 N–H and O–H groups in total. The van der Waals surface area contributed by atoms with Crippen LogP contribution >= 0.6 is 0 Å². The van der Waals surface area contributed by atoms with Crippen LogP contribution in [0.4, 0.5) is 0 Å². The van der Waals surface area contributed by atoms with Gasteiger partial charge in [0, 0.05) is 5.56 Å². The Labute approximate surface area is 116 Å². The third-order valence-corrected chi connectivity index (χ3v) is 2.63. The number of aromatic nitrogens is 2. The Hall–Kier alpha value is -2.63. The van der Waals surface area contributed by atoms with Crippen molar-refractivity contribution in [3.05, 3.63) is 41.7 Å². The molecule has 0 spiro atoms. The van der Waals surface area contributed by atoms with Crippen molar-refractivity contribution in [1.29, 1.82) is 0 Å². The average molecular weight is 274 g/mol. The normalized spacial score (nSPS) is 9.95. The molecular weight excluding hydrogens is 260 g/mol. The van der Waals surface area contributed by atoms with E-state index in [2.05, 4.69) is 9.97 Å². The third kappa shape index (κ3) is 2.54. The molecule has 0 radical (unpaired) electrons. The van der Waals surface area contributed by atoms with Crippen LogP contribution in [-0.4, -0.2) is 37.1 Å². The first-order chi connectivity index (χ1) is 9.71. The number of hydrogen-bond acceptors (Lipinski definition) is 6. The Morgan fingerprint density at radius 2 is 1.45 bits per heavy atom. The molecule has 0 fully saturated rings.